The third-order valence-corrected chi connectivity index (χ3v) is 4.91. The summed E-state index contributed by atoms with van der Waals surface area (Å²) in [5.41, 5.74) is 0.131. The minimum atomic E-state index is -0.735. The molecule has 1 aromatic rings. The summed E-state index contributed by atoms with van der Waals surface area (Å²) in [6.07, 6.45) is 4.97. The van der Waals surface area contributed by atoms with E-state index in [9.17, 15) is 24.4 Å². The van der Waals surface area contributed by atoms with E-state index in [2.05, 4.69) is 10.1 Å². The van der Waals surface area contributed by atoms with Crippen molar-refractivity contribution in [1.82, 2.24) is 9.96 Å². The summed E-state index contributed by atoms with van der Waals surface area (Å²) in [7, 11) is 1.19. The minimum absolute atomic E-state index is 0.0447. The maximum atomic E-state index is 12.6. The van der Waals surface area contributed by atoms with E-state index in [1.165, 1.54) is 7.11 Å². The number of hydrogen-bond acceptors (Lipinski definition) is 7. The van der Waals surface area contributed by atoms with Crippen molar-refractivity contribution in [3.8, 4) is 0 Å². The van der Waals surface area contributed by atoms with Crippen LogP contribution in [0.4, 0.5) is 10.5 Å². The molecule has 200 valence electrons. The molecule has 0 aliphatic carbocycles. The highest BCUT2D eigenvalue weighted by molar-refractivity contribution is 5.94. The quantitative estimate of drug-likeness (QED) is 0.128. The summed E-state index contributed by atoms with van der Waals surface area (Å²) in [5, 5.41) is 13.2. The average Bonchev–Trinajstić information content (AvgIpc) is 2.82. The number of hydroxylamine groups is 2. The van der Waals surface area contributed by atoms with Crippen LogP contribution in [0, 0.1) is 0 Å². The maximum absolute atomic E-state index is 12.6. The number of unbranched alkanes of at least 4 members (excludes halogenated alkanes) is 3. The first kappa shape index (κ1) is 30.6. The monoisotopic (exact) mass is 505 g/mol. The largest absolute Gasteiger partial charge is 0.466 e. The summed E-state index contributed by atoms with van der Waals surface area (Å²) in [4.78, 5) is 49.1. The van der Waals surface area contributed by atoms with Gasteiger partial charge in [-0.3, -0.25) is 14.8 Å². The van der Waals surface area contributed by atoms with Gasteiger partial charge in [0.15, 0.2) is 0 Å². The SMILES string of the molecule is COC(=O)C=CC(=O)N(O)CCCCN(CCCCCC(=O)Nc1ccccc1)C(=O)OC(C)(C)C. The third-order valence-electron chi connectivity index (χ3n) is 4.91. The zero-order valence-electron chi connectivity index (χ0n) is 21.7. The molecule has 0 heterocycles. The smallest absolute Gasteiger partial charge is 0.410 e. The third kappa shape index (κ3) is 14.1. The van der Waals surface area contributed by atoms with Gasteiger partial charge in [-0.1, -0.05) is 24.6 Å². The molecule has 0 aliphatic heterocycles. The van der Waals surface area contributed by atoms with Gasteiger partial charge in [0.2, 0.25) is 5.91 Å². The second-order valence-corrected chi connectivity index (χ2v) is 9.22. The highest BCUT2D eigenvalue weighted by Gasteiger charge is 2.21. The molecule has 0 spiro atoms. The molecule has 1 aromatic carbocycles. The van der Waals surface area contributed by atoms with Crippen LogP contribution < -0.4 is 5.32 Å². The molecule has 0 atom stereocenters. The number of carbonyl (C=O) groups excluding carboxylic acids is 4. The number of rotatable bonds is 14. The first-order valence-electron chi connectivity index (χ1n) is 12.1. The Kier molecular flexibility index (Phi) is 13.9. The molecular weight excluding hydrogens is 466 g/mol. The molecule has 2 N–H and O–H groups in total. The van der Waals surface area contributed by atoms with Crippen LogP contribution in [-0.2, 0) is 23.9 Å². The Hall–Kier alpha value is -3.40. The Balaban J connectivity index is 2.43. The topological polar surface area (TPSA) is 125 Å². The Morgan fingerprint density at radius 3 is 2.14 bits per heavy atom. The van der Waals surface area contributed by atoms with Crippen LogP contribution in [0.3, 0.4) is 0 Å². The number of amides is 3. The van der Waals surface area contributed by atoms with Gasteiger partial charge in [0.1, 0.15) is 5.60 Å². The summed E-state index contributed by atoms with van der Waals surface area (Å²) in [5.74, 6) is -1.47. The van der Waals surface area contributed by atoms with E-state index in [0.717, 1.165) is 24.3 Å². The van der Waals surface area contributed by atoms with E-state index in [1.54, 1.807) is 25.7 Å². The van der Waals surface area contributed by atoms with Crippen molar-refractivity contribution in [2.24, 2.45) is 0 Å². The standard InChI is InChI=1S/C26H39N3O7/c1-26(2,3)36-25(33)28(19-11-12-20-29(34)23(31)16-17-24(32)35-4)18-10-6-9-15-22(30)27-21-13-7-5-8-14-21/h5,7-8,13-14,16-17,34H,6,9-12,15,18-20H2,1-4H3,(H,27,30). The number of methoxy groups -OCH3 is 1. The Morgan fingerprint density at radius 2 is 1.53 bits per heavy atom. The van der Waals surface area contributed by atoms with Crippen LogP contribution in [0.25, 0.3) is 0 Å². The first-order chi connectivity index (χ1) is 17.0. The number of hydrogen-bond donors (Lipinski definition) is 2. The van der Waals surface area contributed by atoms with Crippen LogP contribution in [-0.4, -0.2) is 71.4 Å². The van der Waals surface area contributed by atoms with Gasteiger partial charge in [-0.05, 0) is 58.6 Å². The van der Waals surface area contributed by atoms with Gasteiger partial charge >= 0.3 is 12.1 Å². The van der Waals surface area contributed by atoms with Crippen molar-refractivity contribution in [3.05, 3.63) is 42.5 Å². The van der Waals surface area contributed by atoms with E-state index in [0.29, 0.717) is 50.3 Å². The molecular formula is C26H39N3O7. The van der Waals surface area contributed by atoms with Gasteiger partial charge in [0.25, 0.3) is 5.91 Å². The van der Waals surface area contributed by atoms with Crippen LogP contribution in [0.5, 0.6) is 0 Å². The highest BCUT2D eigenvalue weighted by atomic mass is 16.6. The zero-order valence-corrected chi connectivity index (χ0v) is 21.7. The molecule has 0 bridgehead atoms. The molecule has 0 saturated heterocycles. The highest BCUT2D eigenvalue weighted by Crippen LogP contribution is 2.13. The van der Waals surface area contributed by atoms with E-state index in [-0.39, 0.29) is 12.5 Å². The van der Waals surface area contributed by atoms with E-state index < -0.39 is 23.6 Å². The second kappa shape index (κ2) is 16.3. The summed E-state index contributed by atoms with van der Waals surface area (Å²) in [6.45, 7) is 6.30. The number of nitrogens with zero attached hydrogens (tertiary/aromatic N) is 2. The fraction of sp³-hybridized carbons (Fsp3) is 0.538. The van der Waals surface area contributed by atoms with Crippen LogP contribution in [0.2, 0.25) is 0 Å². The lowest BCUT2D eigenvalue weighted by Gasteiger charge is -2.27. The molecule has 36 heavy (non-hydrogen) atoms. The van der Waals surface area contributed by atoms with Gasteiger partial charge in [0, 0.05) is 43.9 Å². The van der Waals surface area contributed by atoms with Crippen molar-refractivity contribution in [2.45, 2.75) is 64.9 Å². The predicted molar refractivity (Wildman–Crippen MR) is 135 cm³/mol. The number of carbonyl (C=O) groups is 4. The molecule has 0 unspecified atom stereocenters. The first-order valence-corrected chi connectivity index (χ1v) is 12.1. The Bertz CT molecular complexity index is 866. The molecule has 0 radical (unpaired) electrons. The minimum Gasteiger partial charge on any atom is -0.466 e. The molecule has 1 rings (SSSR count). The zero-order chi connectivity index (χ0) is 27.0. The van der Waals surface area contributed by atoms with Gasteiger partial charge in [-0.15, -0.1) is 0 Å². The van der Waals surface area contributed by atoms with Crippen LogP contribution >= 0.6 is 0 Å². The van der Waals surface area contributed by atoms with E-state index >= 15 is 0 Å². The summed E-state index contributed by atoms with van der Waals surface area (Å²) in [6, 6.07) is 9.28. The van der Waals surface area contributed by atoms with Crippen LogP contribution in [0.15, 0.2) is 42.5 Å². The molecule has 10 heteroatoms. The van der Waals surface area contributed by atoms with Gasteiger partial charge in [0.05, 0.1) is 7.11 Å². The molecule has 0 aromatic heterocycles. The predicted octanol–water partition coefficient (Wildman–Crippen LogP) is 4.15. The Morgan fingerprint density at radius 1 is 0.917 bits per heavy atom. The lowest BCUT2D eigenvalue weighted by molar-refractivity contribution is -0.159. The molecule has 10 nitrogen and oxygen atoms in total. The van der Waals surface area contributed by atoms with Gasteiger partial charge in [-0.25, -0.2) is 14.7 Å². The van der Waals surface area contributed by atoms with Crippen molar-refractivity contribution in [1.29, 1.82) is 0 Å². The van der Waals surface area contributed by atoms with Crippen LogP contribution in [0.1, 0.15) is 59.3 Å². The Labute approximate surface area is 213 Å². The van der Waals surface area contributed by atoms with Crippen molar-refractivity contribution in [2.75, 3.05) is 32.1 Å². The number of ether oxygens (including phenoxy) is 2. The van der Waals surface area contributed by atoms with Crippen molar-refractivity contribution in [3.63, 3.8) is 0 Å². The average molecular weight is 506 g/mol. The van der Waals surface area contributed by atoms with Gasteiger partial charge < -0.3 is 19.7 Å². The summed E-state index contributed by atoms with van der Waals surface area (Å²) < 4.78 is 9.90. The van der Waals surface area contributed by atoms with Gasteiger partial charge in [-0.2, -0.15) is 0 Å². The second-order valence-electron chi connectivity index (χ2n) is 9.22. The number of para-hydroxylation sites is 1. The molecule has 3 amide bonds. The van der Waals surface area contributed by atoms with E-state index in [4.69, 9.17) is 4.74 Å². The lowest BCUT2D eigenvalue weighted by atomic mass is 10.1. The maximum Gasteiger partial charge on any atom is 0.410 e. The molecule has 0 aliphatic rings. The number of nitrogens with one attached hydrogen (secondary N) is 1. The van der Waals surface area contributed by atoms with E-state index in [1.807, 2.05) is 30.3 Å². The number of anilines is 1. The lowest BCUT2D eigenvalue weighted by Crippen LogP contribution is -2.38. The molecule has 0 saturated carbocycles. The fourth-order valence-corrected chi connectivity index (χ4v) is 3.10. The number of benzene rings is 1. The van der Waals surface area contributed by atoms with Crippen molar-refractivity contribution < 1.29 is 33.9 Å². The van der Waals surface area contributed by atoms with Crippen molar-refractivity contribution >= 4 is 29.6 Å². The normalized spacial score (nSPS) is 11.1. The summed E-state index contributed by atoms with van der Waals surface area (Å²) >= 11 is 0. The number of esters is 1. The fourth-order valence-electron chi connectivity index (χ4n) is 3.10. The molecule has 0 fully saturated rings.